The Morgan fingerprint density at radius 3 is 2.44 bits per heavy atom. The van der Waals surface area contributed by atoms with Crippen LogP contribution in [0.5, 0.6) is 0 Å². The number of likely N-dealkylation sites (tertiary alicyclic amines) is 1. The summed E-state index contributed by atoms with van der Waals surface area (Å²) in [6.45, 7) is 21.3. The number of Topliss-reactive ketones (excluding diaryl/α,β-unsaturated/α-hetero) is 1. The van der Waals surface area contributed by atoms with E-state index in [1.165, 1.54) is 4.88 Å². The summed E-state index contributed by atoms with van der Waals surface area (Å²) < 4.78 is 10.5. The van der Waals surface area contributed by atoms with Gasteiger partial charge in [-0.05, 0) is 148 Å². The van der Waals surface area contributed by atoms with E-state index in [1.54, 1.807) is 11.3 Å². The predicted molar refractivity (Wildman–Crippen MR) is 259 cm³/mol. The molecule has 4 aromatic rings. The van der Waals surface area contributed by atoms with E-state index in [1.807, 2.05) is 97.2 Å². The smallest absolute Gasteiger partial charge is 0.223 e. The first-order valence-corrected chi connectivity index (χ1v) is 24.0. The molecule has 1 unspecified atom stereocenters. The summed E-state index contributed by atoms with van der Waals surface area (Å²) in [5.74, 6) is 1.74. The van der Waals surface area contributed by atoms with E-state index in [0.717, 1.165) is 81.8 Å². The van der Waals surface area contributed by atoms with Crippen molar-refractivity contribution in [2.75, 3.05) is 32.8 Å². The average molecular weight is 930 g/mol. The van der Waals surface area contributed by atoms with Gasteiger partial charge in [-0.25, -0.2) is 0 Å². The second-order valence-electron chi connectivity index (χ2n) is 18.6. The molecule has 0 spiro atoms. The van der Waals surface area contributed by atoms with Crippen molar-refractivity contribution >= 4 is 58.2 Å². The lowest BCUT2D eigenvalue weighted by molar-refractivity contribution is -0.123. The van der Waals surface area contributed by atoms with Gasteiger partial charge < -0.3 is 19.5 Å². The molecule has 7 rings (SSSR count). The topological polar surface area (TPSA) is 128 Å². The van der Waals surface area contributed by atoms with Gasteiger partial charge in [0.2, 0.25) is 5.91 Å². The molecule has 0 bridgehead atoms. The van der Waals surface area contributed by atoms with E-state index in [2.05, 4.69) is 54.6 Å². The maximum atomic E-state index is 13.8. The number of oxime groups is 1. The van der Waals surface area contributed by atoms with E-state index in [0.29, 0.717) is 55.8 Å². The van der Waals surface area contributed by atoms with Crippen molar-refractivity contribution in [1.29, 1.82) is 0 Å². The normalized spacial score (nSPS) is 18.4. The van der Waals surface area contributed by atoms with Crippen molar-refractivity contribution in [2.45, 2.75) is 123 Å². The van der Waals surface area contributed by atoms with Crippen LogP contribution in [0.3, 0.4) is 0 Å². The minimum atomic E-state index is -0.532. The van der Waals surface area contributed by atoms with Crippen LogP contribution >= 0.6 is 34.5 Å². The standard InChI is InChI=1S/C49H62Cl2N8O4S/c1-30-26-40(32(3)58(30)39-16-14-38(51)15-17-39)42(60)29-57-22-18-35(19-23-57)28-52-63-25-21-49(8,9)62-24-20-48(6,7)54-43(61)27-41-46-56-55-34(5)59(46)47-44(31(2)33(4)64-47)45(53-41)36-10-12-37(50)13-11-36/h10-12,14-17,26,28,35,37,41H,13,18-25,27,29H2,1-9H3,(H,54,61)/b52-28+/t37?,41-/m0/s1. The lowest BCUT2D eigenvalue weighted by atomic mass is 9.95. The number of carbonyl (C=O) groups is 2. The molecule has 15 heteroatoms. The average Bonchev–Trinajstić information content (AvgIpc) is 3.84. The number of benzene rings is 1. The number of alkyl halides is 1. The predicted octanol–water partition coefficient (Wildman–Crippen LogP) is 10.1. The number of amides is 1. The number of hydrogen-bond acceptors (Lipinski definition) is 10. The molecule has 1 aliphatic carbocycles. The van der Waals surface area contributed by atoms with E-state index in [-0.39, 0.29) is 23.5 Å². The van der Waals surface area contributed by atoms with Gasteiger partial charge in [0.25, 0.3) is 0 Å². The van der Waals surface area contributed by atoms with Gasteiger partial charge in [0.15, 0.2) is 11.6 Å². The molecule has 1 N–H and O–H groups in total. The van der Waals surface area contributed by atoms with Crippen LogP contribution in [0.2, 0.25) is 5.02 Å². The maximum absolute atomic E-state index is 13.8. The molecule has 1 fully saturated rings. The van der Waals surface area contributed by atoms with Gasteiger partial charge in [-0.2, -0.15) is 0 Å². The van der Waals surface area contributed by atoms with Crippen LogP contribution in [-0.4, -0.2) is 97.2 Å². The molecular weight excluding hydrogens is 868 g/mol. The Kier molecular flexibility index (Phi) is 14.9. The molecular formula is C49H62Cl2N8O4S. The minimum Gasteiger partial charge on any atom is -0.396 e. The fourth-order valence-electron chi connectivity index (χ4n) is 8.67. The van der Waals surface area contributed by atoms with Gasteiger partial charge >= 0.3 is 0 Å². The van der Waals surface area contributed by atoms with Crippen molar-refractivity contribution in [3.63, 3.8) is 0 Å². The van der Waals surface area contributed by atoms with Gasteiger partial charge in [0, 0.05) is 62.9 Å². The Hall–Kier alpha value is -4.40. The number of carbonyl (C=O) groups excluding carboxylic acids is 2. The van der Waals surface area contributed by atoms with Crippen LogP contribution in [0.4, 0.5) is 0 Å². The number of rotatable bonds is 17. The fraction of sp³-hybridized carbons (Fsp3) is 0.510. The van der Waals surface area contributed by atoms with E-state index in [9.17, 15) is 9.59 Å². The van der Waals surface area contributed by atoms with E-state index >= 15 is 0 Å². The van der Waals surface area contributed by atoms with Crippen LogP contribution in [0, 0.1) is 40.5 Å². The van der Waals surface area contributed by atoms with Crippen LogP contribution in [0.15, 0.2) is 64.3 Å². The Morgan fingerprint density at radius 1 is 1.00 bits per heavy atom. The molecule has 2 atom stereocenters. The molecule has 5 heterocycles. The largest absolute Gasteiger partial charge is 0.396 e. The summed E-state index contributed by atoms with van der Waals surface area (Å²) in [5, 5.41) is 18.2. The molecule has 2 aliphatic heterocycles. The van der Waals surface area contributed by atoms with Crippen molar-refractivity contribution in [1.82, 2.24) is 29.5 Å². The van der Waals surface area contributed by atoms with Crippen molar-refractivity contribution in [2.24, 2.45) is 16.1 Å². The molecule has 1 amide bonds. The number of piperidine rings is 1. The first kappa shape index (κ1) is 47.6. The lowest BCUT2D eigenvalue weighted by Gasteiger charge is -2.30. The number of allylic oxidation sites excluding steroid dienone is 4. The summed E-state index contributed by atoms with van der Waals surface area (Å²) in [4.78, 5) is 41.6. The number of thiophene rings is 1. The number of aliphatic imine (C=N–C) groups is 1. The number of nitrogens with zero attached hydrogens (tertiary/aromatic N) is 7. The van der Waals surface area contributed by atoms with Crippen LogP contribution in [0.25, 0.3) is 10.7 Å². The number of hydrogen-bond donors (Lipinski definition) is 1. The first-order valence-electron chi connectivity index (χ1n) is 22.3. The molecule has 0 saturated carbocycles. The molecule has 3 aromatic heterocycles. The Bertz CT molecular complexity index is 2470. The minimum absolute atomic E-state index is 0.0533. The molecule has 1 saturated heterocycles. The van der Waals surface area contributed by atoms with Gasteiger partial charge in [-0.3, -0.25) is 24.0 Å². The summed E-state index contributed by atoms with van der Waals surface area (Å²) >= 11 is 14.2. The SMILES string of the molecule is Cc1sc2c(c1C)C(C1=CCC(Cl)C=C1)=N[C@@H](CC(=O)NC(C)(C)CCOC(C)(C)CCO/N=C/C1CCN(CC(=O)c3cc(C)n(-c4ccc(Cl)cc4)c3C)CC1)c1nnc(C)n1-2. The number of nitrogens with one attached hydrogen (secondary N) is 1. The van der Waals surface area contributed by atoms with Crippen molar-refractivity contribution in [3.05, 3.63) is 104 Å². The summed E-state index contributed by atoms with van der Waals surface area (Å²) in [7, 11) is 0. The van der Waals surface area contributed by atoms with Crippen molar-refractivity contribution in [3.8, 4) is 10.7 Å². The quantitative estimate of drug-likeness (QED) is 0.0367. The summed E-state index contributed by atoms with van der Waals surface area (Å²) in [6.07, 6.45) is 12.0. The van der Waals surface area contributed by atoms with E-state index < -0.39 is 17.2 Å². The second-order valence-corrected chi connectivity index (χ2v) is 20.8. The van der Waals surface area contributed by atoms with Gasteiger partial charge in [-0.15, -0.1) is 33.1 Å². The zero-order valence-corrected chi connectivity index (χ0v) is 41.0. The van der Waals surface area contributed by atoms with E-state index in [4.69, 9.17) is 37.8 Å². The number of halogens is 2. The number of aromatic nitrogens is 4. The molecule has 3 aliphatic rings. The third-order valence-electron chi connectivity index (χ3n) is 12.6. The van der Waals surface area contributed by atoms with Crippen LogP contribution < -0.4 is 5.32 Å². The highest BCUT2D eigenvalue weighted by Gasteiger charge is 2.34. The number of ether oxygens (including phenoxy) is 1. The Labute approximate surface area is 391 Å². The van der Waals surface area contributed by atoms with Crippen LogP contribution in [0.1, 0.15) is 122 Å². The van der Waals surface area contributed by atoms with Crippen LogP contribution in [-0.2, 0) is 14.4 Å². The molecule has 0 radical (unpaired) electrons. The highest BCUT2D eigenvalue weighted by molar-refractivity contribution is 7.15. The Morgan fingerprint density at radius 2 is 1.73 bits per heavy atom. The molecule has 12 nitrogen and oxygen atoms in total. The second kappa shape index (κ2) is 20.0. The molecule has 1 aromatic carbocycles. The van der Waals surface area contributed by atoms with Gasteiger partial charge in [0.05, 0.1) is 29.7 Å². The number of aryl methyl sites for hydroxylation is 3. The maximum Gasteiger partial charge on any atom is 0.223 e. The summed E-state index contributed by atoms with van der Waals surface area (Å²) in [5.41, 5.74) is 6.83. The monoisotopic (exact) mass is 928 g/mol. The third-order valence-corrected chi connectivity index (χ3v) is 14.4. The fourth-order valence-corrected chi connectivity index (χ4v) is 10.2. The molecule has 64 heavy (non-hydrogen) atoms. The number of ketones is 1. The lowest BCUT2D eigenvalue weighted by Crippen LogP contribution is -2.45. The highest BCUT2D eigenvalue weighted by atomic mass is 35.5. The third kappa shape index (κ3) is 11.2. The zero-order chi connectivity index (χ0) is 45.9. The van der Waals surface area contributed by atoms with Crippen molar-refractivity contribution < 1.29 is 19.2 Å². The Balaban J connectivity index is 0.842. The first-order chi connectivity index (χ1) is 30.4. The molecule has 342 valence electrons. The van der Waals surface area contributed by atoms with Gasteiger partial charge in [0.1, 0.15) is 23.5 Å². The van der Waals surface area contributed by atoms with Gasteiger partial charge in [-0.1, -0.05) is 35.0 Å². The number of fused-ring (bicyclic) bond motifs is 3. The zero-order valence-electron chi connectivity index (χ0n) is 38.6. The highest BCUT2D eigenvalue weighted by Crippen LogP contribution is 2.40. The summed E-state index contributed by atoms with van der Waals surface area (Å²) in [6, 6.07) is 9.14.